The first-order valence-corrected chi connectivity index (χ1v) is 11.6. The SMILES string of the molecule is C=CCCCCCCCCCCCCCCCCCCC(CC(=O)[O-])C(=O)O.[K+]. The fraction of sp³-hybridized carbons (Fsp3) is 0.833. The van der Waals surface area contributed by atoms with E-state index >= 15 is 0 Å². The summed E-state index contributed by atoms with van der Waals surface area (Å²) < 4.78 is 0. The summed E-state index contributed by atoms with van der Waals surface area (Å²) in [4.78, 5) is 21.5. The standard InChI is InChI=1S/C24H44O4.K/c1-2-3-4-5-6-7-8-9-10-11-12-13-14-15-16-17-18-19-20-22(24(27)28)21-23(25)26;/h2,22H,1,3-21H2,(H,25,26)(H,27,28);/q;+1/p-1. The third-order valence-electron chi connectivity index (χ3n) is 5.47. The van der Waals surface area contributed by atoms with Gasteiger partial charge in [-0.2, -0.15) is 0 Å². The summed E-state index contributed by atoms with van der Waals surface area (Å²) >= 11 is 0. The molecule has 4 nitrogen and oxygen atoms in total. The monoisotopic (exact) mass is 434 g/mol. The molecule has 0 spiro atoms. The van der Waals surface area contributed by atoms with Crippen LogP contribution in [0.25, 0.3) is 0 Å². The Hall–Kier alpha value is 0.316. The summed E-state index contributed by atoms with van der Waals surface area (Å²) in [6.07, 6.45) is 23.5. The summed E-state index contributed by atoms with van der Waals surface area (Å²) in [5, 5.41) is 19.5. The van der Waals surface area contributed by atoms with Gasteiger partial charge in [0.15, 0.2) is 0 Å². The van der Waals surface area contributed by atoms with Gasteiger partial charge in [-0.3, -0.25) is 4.79 Å². The van der Waals surface area contributed by atoms with Gasteiger partial charge in [0.05, 0.1) is 5.92 Å². The second-order valence-electron chi connectivity index (χ2n) is 8.13. The number of carbonyl (C=O) groups is 2. The Morgan fingerprint density at radius 2 is 1.07 bits per heavy atom. The van der Waals surface area contributed by atoms with Gasteiger partial charge in [-0.25, -0.2) is 0 Å². The van der Waals surface area contributed by atoms with Crippen molar-refractivity contribution in [1.82, 2.24) is 0 Å². The minimum Gasteiger partial charge on any atom is -0.550 e. The summed E-state index contributed by atoms with van der Waals surface area (Å²) in [5.74, 6) is -3.08. The second kappa shape index (κ2) is 24.6. The Morgan fingerprint density at radius 3 is 1.38 bits per heavy atom. The molecule has 0 saturated heterocycles. The van der Waals surface area contributed by atoms with E-state index in [0.717, 1.165) is 25.7 Å². The maximum atomic E-state index is 11.0. The van der Waals surface area contributed by atoms with Crippen molar-refractivity contribution in [2.75, 3.05) is 0 Å². The first-order valence-electron chi connectivity index (χ1n) is 11.6. The van der Waals surface area contributed by atoms with E-state index in [1.807, 2.05) is 6.08 Å². The number of aliphatic carboxylic acids is 2. The van der Waals surface area contributed by atoms with Crippen LogP contribution in [0.15, 0.2) is 12.7 Å². The van der Waals surface area contributed by atoms with Crippen LogP contribution in [0.4, 0.5) is 0 Å². The van der Waals surface area contributed by atoms with Crippen molar-refractivity contribution in [1.29, 1.82) is 0 Å². The van der Waals surface area contributed by atoms with Crippen LogP contribution < -0.4 is 56.5 Å². The predicted octanol–water partition coefficient (Wildman–Crippen LogP) is 3.04. The van der Waals surface area contributed by atoms with Crippen molar-refractivity contribution in [3.05, 3.63) is 12.7 Å². The van der Waals surface area contributed by atoms with Gasteiger partial charge in [0, 0.05) is 12.4 Å². The number of allylic oxidation sites excluding steroid dienone is 1. The van der Waals surface area contributed by atoms with Crippen molar-refractivity contribution in [3.63, 3.8) is 0 Å². The minimum atomic E-state index is -1.27. The molecule has 0 radical (unpaired) electrons. The molecular formula is C24H43KO4. The third-order valence-corrected chi connectivity index (χ3v) is 5.47. The van der Waals surface area contributed by atoms with E-state index in [-0.39, 0.29) is 57.8 Å². The Morgan fingerprint density at radius 1 is 0.724 bits per heavy atom. The molecule has 5 heteroatoms. The van der Waals surface area contributed by atoms with Crippen LogP contribution in [0, 0.1) is 5.92 Å². The molecule has 0 amide bonds. The number of carboxylic acid groups (broad SMARTS) is 2. The summed E-state index contributed by atoms with van der Waals surface area (Å²) in [6.45, 7) is 3.75. The summed E-state index contributed by atoms with van der Waals surface area (Å²) in [7, 11) is 0. The van der Waals surface area contributed by atoms with Crippen LogP contribution in [-0.4, -0.2) is 17.0 Å². The van der Waals surface area contributed by atoms with Crippen molar-refractivity contribution in [3.8, 4) is 0 Å². The number of carboxylic acids is 2. The van der Waals surface area contributed by atoms with Crippen LogP contribution in [-0.2, 0) is 9.59 Å². The van der Waals surface area contributed by atoms with Crippen molar-refractivity contribution in [2.24, 2.45) is 5.92 Å². The number of carbonyl (C=O) groups excluding carboxylic acids is 1. The fourth-order valence-corrected chi connectivity index (χ4v) is 3.67. The average Bonchev–Trinajstić information content (AvgIpc) is 2.65. The number of rotatable bonds is 22. The van der Waals surface area contributed by atoms with E-state index in [4.69, 9.17) is 5.11 Å². The minimum absolute atomic E-state index is 0. The molecule has 164 valence electrons. The Balaban J connectivity index is 0. The molecule has 0 saturated carbocycles. The molecule has 0 aromatic heterocycles. The molecule has 0 aromatic carbocycles. The molecule has 0 heterocycles. The third kappa shape index (κ3) is 24.5. The molecule has 29 heavy (non-hydrogen) atoms. The van der Waals surface area contributed by atoms with Crippen LogP contribution in [0.5, 0.6) is 0 Å². The molecule has 0 aliphatic heterocycles. The van der Waals surface area contributed by atoms with Gasteiger partial charge in [0.2, 0.25) is 0 Å². The zero-order chi connectivity index (χ0) is 20.9. The molecule has 1 N–H and O–H groups in total. The normalized spacial score (nSPS) is 11.6. The van der Waals surface area contributed by atoms with Gasteiger partial charge in [0.1, 0.15) is 0 Å². The Bertz CT molecular complexity index is 398. The average molecular weight is 435 g/mol. The first-order chi connectivity index (χ1) is 13.6. The fourth-order valence-electron chi connectivity index (χ4n) is 3.67. The van der Waals surface area contributed by atoms with Gasteiger partial charge in [-0.15, -0.1) is 6.58 Å². The molecule has 0 aliphatic carbocycles. The van der Waals surface area contributed by atoms with E-state index in [1.165, 1.54) is 83.5 Å². The van der Waals surface area contributed by atoms with Crippen LogP contribution in [0.3, 0.4) is 0 Å². The molecule has 1 atom stereocenters. The maximum Gasteiger partial charge on any atom is 1.00 e. The summed E-state index contributed by atoms with van der Waals surface area (Å²) in [5.41, 5.74) is 0. The molecular weight excluding hydrogens is 391 g/mol. The number of hydrogen-bond donors (Lipinski definition) is 1. The zero-order valence-corrected chi connectivity index (χ0v) is 22.1. The molecule has 0 aliphatic rings. The van der Waals surface area contributed by atoms with Crippen LogP contribution in [0.2, 0.25) is 0 Å². The number of unbranched alkanes of at least 4 members (excludes halogenated alkanes) is 16. The van der Waals surface area contributed by atoms with Crippen LogP contribution in [0.1, 0.15) is 122 Å². The van der Waals surface area contributed by atoms with Gasteiger partial charge in [0.25, 0.3) is 0 Å². The second-order valence-corrected chi connectivity index (χ2v) is 8.13. The molecule has 0 fully saturated rings. The van der Waals surface area contributed by atoms with Crippen molar-refractivity contribution >= 4 is 11.9 Å². The molecule has 0 rings (SSSR count). The topological polar surface area (TPSA) is 77.4 Å². The Labute approximate surface area is 221 Å². The van der Waals surface area contributed by atoms with E-state index in [9.17, 15) is 14.7 Å². The zero-order valence-electron chi connectivity index (χ0n) is 19.0. The van der Waals surface area contributed by atoms with Crippen LogP contribution >= 0.6 is 0 Å². The molecule has 1 unspecified atom stereocenters. The van der Waals surface area contributed by atoms with Gasteiger partial charge in [-0.1, -0.05) is 102 Å². The Kier molecular flexibility index (Phi) is 26.7. The molecule has 0 aromatic rings. The first kappa shape index (κ1) is 31.5. The van der Waals surface area contributed by atoms with E-state index in [0.29, 0.717) is 6.42 Å². The maximum absolute atomic E-state index is 11.0. The smallest absolute Gasteiger partial charge is 0.550 e. The van der Waals surface area contributed by atoms with Crippen molar-refractivity contribution < 1.29 is 71.2 Å². The van der Waals surface area contributed by atoms with E-state index < -0.39 is 17.9 Å². The predicted molar refractivity (Wildman–Crippen MR) is 114 cm³/mol. The van der Waals surface area contributed by atoms with E-state index in [2.05, 4.69) is 6.58 Å². The number of hydrogen-bond acceptors (Lipinski definition) is 3. The van der Waals surface area contributed by atoms with E-state index in [1.54, 1.807) is 0 Å². The van der Waals surface area contributed by atoms with Crippen molar-refractivity contribution in [2.45, 2.75) is 122 Å². The van der Waals surface area contributed by atoms with Gasteiger partial charge < -0.3 is 15.0 Å². The van der Waals surface area contributed by atoms with Gasteiger partial charge >= 0.3 is 57.4 Å². The largest absolute Gasteiger partial charge is 1.00 e. The summed E-state index contributed by atoms with van der Waals surface area (Å²) in [6, 6.07) is 0. The molecule has 0 bridgehead atoms. The quantitative estimate of drug-likeness (QED) is 0.161. The van der Waals surface area contributed by atoms with Gasteiger partial charge in [-0.05, 0) is 19.3 Å².